The number of nitrogens with zero attached hydrogens (tertiary/aromatic N) is 3. The van der Waals surface area contributed by atoms with Gasteiger partial charge in [0, 0.05) is 37.9 Å². The maximum absolute atomic E-state index is 13.8. The Labute approximate surface area is 231 Å². The van der Waals surface area contributed by atoms with Crippen LogP contribution in [0.1, 0.15) is 31.7 Å². The molecule has 3 aromatic rings. The number of anilines is 1. The molecule has 0 atom stereocenters. The molecule has 1 aliphatic heterocycles. The molecule has 0 radical (unpaired) electrons. The van der Waals surface area contributed by atoms with Crippen molar-refractivity contribution in [2.75, 3.05) is 31.5 Å². The normalized spacial score (nSPS) is 14.3. The van der Waals surface area contributed by atoms with Crippen LogP contribution in [-0.4, -0.2) is 66.7 Å². The highest BCUT2D eigenvalue weighted by Crippen LogP contribution is 2.22. The molecule has 1 saturated heterocycles. The van der Waals surface area contributed by atoms with Crippen LogP contribution in [0.2, 0.25) is 0 Å². The van der Waals surface area contributed by atoms with Crippen LogP contribution in [0.25, 0.3) is 0 Å². The van der Waals surface area contributed by atoms with Gasteiger partial charge in [-0.1, -0.05) is 73.7 Å². The number of benzene rings is 3. The summed E-state index contributed by atoms with van der Waals surface area (Å²) < 4.78 is 28.1. The molecule has 4 rings (SSSR count). The lowest BCUT2D eigenvalue weighted by molar-refractivity contribution is -0.135. The van der Waals surface area contributed by atoms with E-state index in [2.05, 4.69) is 5.32 Å². The van der Waals surface area contributed by atoms with Gasteiger partial charge in [-0.2, -0.15) is 4.31 Å². The van der Waals surface area contributed by atoms with Crippen LogP contribution in [0, 0.1) is 0 Å². The Hall–Kier alpha value is -3.69. The van der Waals surface area contributed by atoms with E-state index in [1.165, 1.54) is 4.31 Å². The molecule has 0 unspecified atom stereocenters. The number of piperidine rings is 1. The number of hydrogen-bond acceptors (Lipinski definition) is 4. The summed E-state index contributed by atoms with van der Waals surface area (Å²) in [5.41, 5.74) is 1.71. The maximum Gasteiger partial charge on any atom is 0.321 e. The van der Waals surface area contributed by atoms with Crippen molar-refractivity contribution < 1.29 is 18.0 Å². The number of nitrogens with one attached hydrogen (secondary N) is 1. The highest BCUT2D eigenvalue weighted by atomic mass is 32.2. The number of rotatable bonds is 10. The first-order valence-corrected chi connectivity index (χ1v) is 14.8. The summed E-state index contributed by atoms with van der Waals surface area (Å²) in [4.78, 5) is 30.3. The lowest BCUT2D eigenvalue weighted by atomic mass is 10.0. The molecule has 0 spiro atoms. The number of sulfonamides is 1. The summed E-state index contributed by atoms with van der Waals surface area (Å²) in [6, 6.07) is 27.0. The number of amides is 3. The molecule has 1 heterocycles. The second kappa shape index (κ2) is 13.4. The number of carbonyl (C=O) groups is 2. The molecule has 39 heavy (non-hydrogen) atoms. The molecule has 1 fully saturated rings. The zero-order valence-electron chi connectivity index (χ0n) is 22.3. The van der Waals surface area contributed by atoms with Crippen molar-refractivity contribution in [2.45, 2.75) is 43.7 Å². The van der Waals surface area contributed by atoms with Gasteiger partial charge in [0.2, 0.25) is 15.9 Å². The molecule has 1 N–H and O–H groups in total. The topological polar surface area (TPSA) is 90.0 Å². The number of likely N-dealkylation sites (tertiary alicyclic amines) is 1. The average molecular weight is 549 g/mol. The van der Waals surface area contributed by atoms with E-state index in [0.29, 0.717) is 38.9 Å². The van der Waals surface area contributed by atoms with Crippen molar-refractivity contribution in [1.29, 1.82) is 0 Å². The molecule has 3 amide bonds. The van der Waals surface area contributed by atoms with Gasteiger partial charge in [0.05, 0.1) is 11.4 Å². The molecule has 3 aromatic carbocycles. The Balaban J connectivity index is 1.48. The van der Waals surface area contributed by atoms with Crippen molar-refractivity contribution >= 4 is 27.6 Å². The molecule has 8 nitrogen and oxygen atoms in total. The SMILES string of the molecule is CCCN(CC(=O)N(Cc1ccccc1)C1CCN(C(=O)Nc2ccccc2)CC1)S(=O)(=O)c1ccccc1. The Kier molecular flexibility index (Phi) is 9.73. The summed E-state index contributed by atoms with van der Waals surface area (Å²) in [5, 5.41) is 2.92. The molecule has 1 aliphatic rings. The van der Waals surface area contributed by atoms with E-state index in [0.717, 1.165) is 11.3 Å². The van der Waals surface area contributed by atoms with Crippen molar-refractivity contribution in [3.8, 4) is 0 Å². The highest BCUT2D eigenvalue weighted by Gasteiger charge is 2.33. The molecular formula is C30H36N4O4S. The first-order valence-electron chi connectivity index (χ1n) is 13.4. The third-order valence-electron chi connectivity index (χ3n) is 6.90. The highest BCUT2D eigenvalue weighted by molar-refractivity contribution is 7.89. The summed E-state index contributed by atoms with van der Waals surface area (Å²) >= 11 is 0. The summed E-state index contributed by atoms with van der Waals surface area (Å²) in [7, 11) is -3.82. The van der Waals surface area contributed by atoms with E-state index in [4.69, 9.17) is 0 Å². The van der Waals surface area contributed by atoms with Gasteiger partial charge in [0.25, 0.3) is 0 Å². The average Bonchev–Trinajstić information content (AvgIpc) is 2.97. The fourth-order valence-corrected chi connectivity index (χ4v) is 6.33. The molecule has 206 valence electrons. The van der Waals surface area contributed by atoms with Crippen molar-refractivity contribution in [3.63, 3.8) is 0 Å². The minimum Gasteiger partial charge on any atom is -0.334 e. The van der Waals surface area contributed by atoms with Crippen LogP contribution >= 0.6 is 0 Å². The van der Waals surface area contributed by atoms with E-state index >= 15 is 0 Å². The quantitative estimate of drug-likeness (QED) is 0.394. The fraction of sp³-hybridized carbons (Fsp3) is 0.333. The van der Waals surface area contributed by atoms with Crippen LogP contribution in [0.3, 0.4) is 0 Å². The Bertz CT molecular complexity index is 1310. The third-order valence-corrected chi connectivity index (χ3v) is 8.76. The zero-order chi connectivity index (χ0) is 27.7. The van der Waals surface area contributed by atoms with Gasteiger partial charge in [0.15, 0.2) is 0 Å². The predicted octanol–water partition coefficient (Wildman–Crippen LogP) is 4.81. The van der Waals surface area contributed by atoms with Crippen molar-refractivity contribution in [2.24, 2.45) is 0 Å². The van der Waals surface area contributed by atoms with Crippen LogP contribution in [0.5, 0.6) is 0 Å². The molecular weight excluding hydrogens is 512 g/mol. The van der Waals surface area contributed by atoms with Gasteiger partial charge in [-0.05, 0) is 49.1 Å². The van der Waals surface area contributed by atoms with Gasteiger partial charge in [0.1, 0.15) is 0 Å². The van der Waals surface area contributed by atoms with Gasteiger partial charge < -0.3 is 15.1 Å². The minimum absolute atomic E-state index is 0.110. The fourth-order valence-electron chi connectivity index (χ4n) is 4.82. The monoisotopic (exact) mass is 548 g/mol. The minimum atomic E-state index is -3.82. The summed E-state index contributed by atoms with van der Waals surface area (Å²) in [6.45, 7) is 3.31. The first kappa shape index (κ1) is 28.3. The van der Waals surface area contributed by atoms with Crippen molar-refractivity contribution in [1.82, 2.24) is 14.1 Å². The number of carbonyl (C=O) groups excluding carboxylic acids is 2. The number of para-hydroxylation sites is 1. The molecule has 0 aromatic heterocycles. The predicted molar refractivity (Wildman–Crippen MR) is 153 cm³/mol. The van der Waals surface area contributed by atoms with Gasteiger partial charge in [-0.3, -0.25) is 4.79 Å². The van der Waals surface area contributed by atoms with E-state index in [1.54, 1.807) is 40.1 Å². The molecule has 9 heteroatoms. The van der Waals surface area contributed by atoms with E-state index in [9.17, 15) is 18.0 Å². The zero-order valence-corrected chi connectivity index (χ0v) is 23.1. The van der Waals surface area contributed by atoms with E-state index in [-0.39, 0.29) is 36.0 Å². The first-order chi connectivity index (χ1) is 18.9. The molecule has 0 aliphatic carbocycles. The largest absolute Gasteiger partial charge is 0.334 e. The van der Waals surface area contributed by atoms with E-state index in [1.807, 2.05) is 67.6 Å². The summed E-state index contributed by atoms with van der Waals surface area (Å²) in [6.07, 6.45) is 1.81. The third kappa shape index (κ3) is 7.46. The van der Waals surface area contributed by atoms with Crippen LogP contribution < -0.4 is 5.32 Å². The van der Waals surface area contributed by atoms with Crippen LogP contribution in [0.15, 0.2) is 95.9 Å². The number of urea groups is 1. The smallest absolute Gasteiger partial charge is 0.321 e. The number of hydrogen-bond donors (Lipinski definition) is 1. The van der Waals surface area contributed by atoms with Crippen LogP contribution in [-0.2, 0) is 21.4 Å². The Morgan fingerprint density at radius 3 is 2.03 bits per heavy atom. The van der Waals surface area contributed by atoms with Crippen molar-refractivity contribution in [3.05, 3.63) is 96.6 Å². The Morgan fingerprint density at radius 1 is 0.872 bits per heavy atom. The van der Waals surface area contributed by atoms with E-state index < -0.39 is 10.0 Å². The molecule has 0 bridgehead atoms. The lowest BCUT2D eigenvalue weighted by Gasteiger charge is -2.39. The van der Waals surface area contributed by atoms with Gasteiger partial charge >= 0.3 is 6.03 Å². The van der Waals surface area contributed by atoms with Crippen LogP contribution in [0.4, 0.5) is 10.5 Å². The maximum atomic E-state index is 13.8. The second-order valence-electron chi connectivity index (χ2n) is 9.67. The lowest BCUT2D eigenvalue weighted by Crippen LogP contribution is -2.51. The summed E-state index contributed by atoms with van der Waals surface area (Å²) in [5.74, 6) is -0.237. The van der Waals surface area contributed by atoms with Gasteiger partial charge in [-0.25, -0.2) is 13.2 Å². The molecule has 0 saturated carbocycles. The second-order valence-corrected chi connectivity index (χ2v) is 11.6. The Morgan fingerprint density at radius 2 is 1.44 bits per heavy atom. The standard InChI is InChI=1S/C30H36N4O4S/c1-2-20-33(39(37,38)28-16-10-5-11-17-28)24-29(35)34(23-25-12-6-3-7-13-25)27-18-21-32(22-19-27)30(36)31-26-14-8-4-9-15-26/h3-17,27H,2,18-24H2,1H3,(H,31,36). The van der Waals surface area contributed by atoms with Gasteiger partial charge in [-0.15, -0.1) is 0 Å².